The van der Waals surface area contributed by atoms with Crippen LogP contribution in [-0.2, 0) is 14.8 Å². The molecular formula is C26H24N2O4S2. The third kappa shape index (κ3) is 4.90. The van der Waals surface area contributed by atoms with Gasteiger partial charge in [0, 0.05) is 29.6 Å². The van der Waals surface area contributed by atoms with Gasteiger partial charge < -0.3 is 9.15 Å². The molecule has 0 saturated carbocycles. The van der Waals surface area contributed by atoms with E-state index >= 15 is 0 Å². The second-order valence-electron chi connectivity index (χ2n) is 8.01. The standard InChI is InChI=1S/C26H24N2O4S2/c1-19-2-4-20(5-3-19)24-18-33-26(27-24)13-9-22-8-12-25(32-22)21-6-10-23(11-7-21)34(29,30)28-14-16-31-17-15-28/h2-13,18H,14-17H2,1H3/b13-9+. The average Bonchev–Trinajstić information content (AvgIpc) is 3.54. The van der Waals surface area contributed by atoms with Crippen LogP contribution in [0.4, 0.5) is 0 Å². The Morgan fingerprint density at radius 1 is 0.912 bits per heavy atom. The summed E-state index contributed by atoms with van der Waals surface area (Å²) in [6.07, 6.45) is 3.82. The average molecular weight is 493 g/mol. The number of aryl methyl sites for hydroxylation is 1. The number of rotatable bonds is 6. The largest absolute Gasteiger partial charge is 0.457 e. The summed E-state index contributed by atoms with van der Waals surface area (Å²) in [4.78, 5) is 4.96. The molecule has 34 heavy (non-hydrogen) atoms. The fraction of sp³-hybridized carbons (Fsp3) is 0.192. The van der Waals surface area contributed by atoms with Gasteiger partial charge >= 0.3 is 0 Å². The van der Waals surface area contributed by atoms with Crippen molar-refractivity contribution in [3.05, 3.63) is 82.4 Å². The van der Waals surface area contributed by atoms with E-state index in [2.05, 4.69) is 36.2 Å². The third-order valence-corrected chi connectivity index (χ3v) is 8.36. The zero-order valence-electron chi connectivity index (χ0n) is 18.7. The van der Waals surface area contributed by atoms with Crippen molar-refractivity contribution >= 4 is 33.5 Å². The Morgan fingerprint density at radius 3 is 2.35 bits per heavy atom. The van der Waals surface area contributed by atoms with Crippen molar-refractivity contribution in [2.75, 3.05) is 26.3 Å². The van der Waals surface area contributed by atoms with Gasteiger partial charge in [-0.25, -0.2) is 13.4 Å². The molecular weight excluding hydrogens is 468 g/mol. The Bertz CT molecular complexity index is 1400. The van der Waals surface area contributed by atoms with Crippen LogP contribution in [0.3, 0.4) is 0 Å². The summed E-state index contributed by atoms with van der Waals surface area (Å²) < 4.78 is 38.3. The van der Waals surface area contributed by atoms with E-state index in [1.807, 2.05) is 29.7 Å². The first-order chi connectivity index (χ1) is 16.5. The second-order valence-corrected chi connectivity index (χ2v) is 10.8. The first-order valence-electron chi connectivity index (χ1n) is 11.0. The third-order valence-electron chi connectivity index (χ3n) is 5.63. The molecule has 1 aliphatic heterocycles. The Kier molecular flexibility index (Phi) is 6.47. The van der Waals surface area contributed by atoms with Crippen LogP contribution in [0.5, 0.6) is 0 Å². The van der Waals surface area contributed by atoms with Crippen molar-refractivity contribution in [1.29, 1.82) is 0 Å². The van der Waals surface area contributed by atoms with Gasteiger partial charge in [0.1, 0.15) is 16.5 Å². The highest BCUT2D eigenvalue weighted by Crippen LogP contribution is 2.27. The molecule has 0 spiro atoms. The fourth-order valence-electron chi connectivity index (χ4n) is 3.70. The van der Waals surface area contributed by atoms with Gasteiger partial charge in [0.15, 0.2) is 0 Å². The minimum atomic E-state index is -3.51. The molecule has 2 aromatic heterocycles. The van der Waals surface area contributed by atoms with Crippen molar-refractivity contribution in [2.24, 2.45) is 0 Å². The van der Waals surface area contributed by atoms with Crippen molar-refractivity contribution in [3.63, 3.8) is 0 Å². The lowest BCUT2D eigenvalue weighted by atomic mass is 10.1. The van der Waals surface area contributed by atoms with E-state index in [4.69, 9.17) is 9.15 Å². The lowest BCUT2D eigenvalue weighted by Gasteiger charge is -2.26. The molecule has 0 aliphatic carbocycles. The molecule has 3 heterocycles. The Hall–Kier alpha value is -3.04. The molecule has 4 aromatic rings. The molecule has 5 rings (SSSR count). The van der Waals surface area contributed by atoms with Crippen molar-refractivity contribution < 1.29 is 17.6 Å². The van der Waals surface area contributed by atoms with E-state index in [0.717, 1.165) is 21.8 Å². The van der Waals surface area contributed by atoms with Crippen LogP contribution in [0.1, 0.15) is 16.3 Å². The molecule has 0 bridgehead atoms. The molecule has 0 N–H and O–H groups in total. The molecule has 0 amide bonds. The SMILES string of the molecule is Cc1ccc(-c2csc(/C=C/c3ccc(-c4ccc(S(=O)(=O)N5CCOCC5)cc4)o3)n2)cc1. The number of ether oxygens (including phenoxy) is 1. The van der Waals surface area contributed by atoms with E-state index < -0.39 is 10.0 Å². The quantitative estimate of drug-likeness (QED) is 0.352. The molecule has 0 radical (unpaired) electrons. The minimum Gasteiger partial charge on any atom is -0.457 e. The number of nitrogens with zero attached hydrogens (tertiary/aromatic N) is 2. The zero-order chi connectivity index (χ0) is 23.5. The summed E-state index contributed by atoms with van der Waals surface area (Å²) in [6.45, 7) is 3.67. The Labute approximate surface area is 203 Å². The molecule has 0 atom stereocenters. The monoisotopic (exact) mass is 492 g/mol. The van der Waals surface area contributed by atoms with E-state index in [1.165, 1.54) is 9.87 Å². The van der Waals surface area contributed by atoms with Gasteiger partial charge in [-0.2, -0.15) is 4.31 Å². The maximum absolute atomic E-state index is 12.8. The van der Waals surface area contributed by atoms with E-state index in [9.17, 15) is 8.42 Å². The van der Waals surface area contributed by atoms with Crippen LogP contribution in [0.15, 0.2) is 75.4 Å². The number of furan rings is 1. The molecule has 174 valence electrons. The first-order valence-corrected chi connectivity index (χ1v) is 13.3. The highest BCUT2D eigenvalue weighted by Gasteiger charge is 2.26. The molecule has 0 unspecified atom stereocenters. The maximum Gasteiger partial charge on any atom is 0.243 e. The van der Waals surface area contributed by atoms with Gasteiger partial charge in [-0.05, 0) is 55.5 Å². The smallest absolute Gasteiger partial charge is 0.243 e. The van der Waals surface area contributed by atoms with E-state index in [1.54, 1.807) is 35.6 Å². The zero-order valence-corrected chi connectivity index (χ0v) is 20.3. The normalized spacial score (nSPS) is 15.2. The van der Waals surface area contributed by atoms with Crippen LogP contribution in [0.25, 0.3) is 34.7 Å². The summed E-state index contributed by atoms with van der Waals surface area (Å²) >= 11 is 1.58. The molecule has 1 saturated heterocycles. The lowest BCUT2D eigenvalue weighted by molar-refractivity contribution is 0.0730. The maximum atomic E-state index is 12.8. The highest BCUT2D eigenvalue weighted by atomic mass is 32.2. The van der Waals surface area contributed by atoms with Gasteiger partial charge in [-0.1, -0.05) is 29.8 Å². The van der Waals surface area contributed by atoms with Crippen LogP contribution < -0.4 is 0 Å². The van der Waals surface area contributed by atoms with E-state index in [-0.39, 0.29) is 4.90 Å². The van der Waals surface area contributed by atoms with Gasteiger partial charge in [0.25, 0.3) is 0 Å². The number of morpholine rings is 1. The van der Waals surface area contributed by atoms with Gasteiger partial charge in [0.05, 0.1) is 23.8 Å². The Morgan fingerprint density at radius 2 is 1.62 bits per heavy atom. The number of benzene rings is 2. The summed E-state index contributed by atoms with van der Waals surface area (Å²) in [5, 5.41) is 2.94. The number of aromatic nitrogens is 1. The van der Waals surface area contributed by atoms with Gasteiger partial charge in [-0.3, -0.25) is 0 Å². The first kappa shape index (κ1) is 22.7. The highest BCUT2D eigenvalue weighted by molar-refractivity contribution is 7.89. The number of hydrogen-bond donors (Lipinski definition) is 0. The minimum absolute atomic E-state index is 0.276. The van der Waals surface area contributed by atoms with Crippen LogP contribution in [-0.4, -0.2) is 44.0 Å². The molecule has 1 fully saturated rings. The van der Waals surface area contributed by atoms with E-state index in [0.29, 0.717) is 37.8 Å². The van der Waals surface area contributed by atoms with Gasteiger partial charge in [0.2, 0.25) is 10.0 Å². The summed E-state index contributed by atoms with van der Waals surface area (Å²) in [7, 11) is -3.51. The van der Waals surface area contributed by atoms with Crippen LogP contribution >= 0.6 is 11.3 Å². The van der Waals surface area contributed by atoms with Crippen molar-refractivity contribution in [1.82, 2.24) is 9.29 Å². The summed E-state index contributed by atoms with van der Waals surface area (Å²) in [6, 6.07) is 18.9. The lowest BCUT2D eigenvalue weighted by Crippen LogP contribution is -2.40. The predicted octanol–water partition coefficient (Wildman–Crippen LogP) is 5.57. The molecule has 1 aliphatic rings. The van der Waals surface area contributed by atoms with Crippen molar-refractivity contribution in [3.8, 4) is 22.6 Å². The number of sulfonamides is 1. The summed E-state index contributed by atoms with van der Waals surface area (Å²) in [5.41, 5.74) is 4.09. The predicted molar refractivity (Wildman–Crippen MR) is 135 cm³/mol. The molecule has 2 aromatic carbocycles. The second kappa shape index (κ2) is 9.68. The molecule has 8 heteroatoms. The number of thiazole rings is 1. The van der Waals surface area contributed by atoms with Crippen molar-refractivity contribution in [2.45, 2.75) is 11.8 Å². The van der Waals surface area contributed by atoms with Gasteiger partial charge in [-0.15, -0.1) is 11.3 Å². The van der Waals surface area contributed by atoms with Crippen LogP contribution in [0, 0.1) is 6.92 Å². The van der Waals surface area contributed by atoms with Crippen LogP contribution in [0.2, 0.25) is 0 Å². The molecule has 6 nitrogen and oxygen atoms in total. The Balaban J connectivity index is 1.28. The topological polar surface area (TPSA) is 72.6 Å². The fourth-order valence-corrected chi connectivity index (χ4v) is 5.83. The number of hydrogen-bond acceptors (Lipinski definition) is 6. The summed E-state index contributed by atoms with van der Waals surface area (Å²) in [5.74, 6) is 1.38.